The molecule has 0 fully saturated rings. The Balaban J connectivity index is 2.16. The quantitative estimate of drug-likeness (QED) is 0.894. The Labute approximate surface area is 122 Å². The molecule has 0 saturated heterocycles. The second-order valence-corrected chi connectivity index (χ2v) is 4.80. The maximum absolute atomic E-state index is 6.08. The van der Waals surface area contributed by atoms with E-state index in [0.717, 1.165) is 12.1 Å². The summed E-state index contributed by atoms with van der Waals surface area (Å²) in [6, 6.07) is 9.01. The molecule has 0 bridgehead atoms. The van der Waals surface area contributed by atoms with E-state index < -0.39 is 0 Å². The average Bonchev–Trinajstić information content (AvgIpc) is 2.39. The Bertz CT molecular complexity index is 561. The molecule has 3 nitrogen and oxygen atoms in total. The number of halogens is 2. The normalized spacial score (nSPS) is 10.5. The molecule has 1 aromatic carbocycles. The van der Waals surface area contributed by atoms with Crippen molar-refractivity contribution in [3.8, 4) is 11.6 Å². The third-order valence-corrected chi connectivity index (χ3v) is 3.07. The van der Waals surface area contributed by atoms with Crippen LogP contribution in [0.2, 0.25) is 10.0 Å². The zero-order valence-electron chi connectivity index (χ0n) is 10.5. The van der Waals surface area contributed by atoms with Gasteiger partial charge in [-0.25, -0.2) is 4.98 Å². The summed E-state index contributed by atoms with van der Waals surface area (Å²) in [7, 11) is 0. The first-order valence-corrected chi connectivity index (χ1v) is 6.73. The third-order valence-electron chi connectivity index (χ3n) is 2.49. The molecule has 2 rings (SSSR count). The number of ether oxygens (including phenoxy) is 1. The Kier molecular flexibility index (Phi) is 5.02. The van der Waals surface area contributed by atoms with Crippen LogP contribution in [0.25, 0.3) is 0 Å². The number of pyridine rings is 1. The van der Waals surface area contributed by atoms with Crippen LogP contribution in [0.4, 0.5) is 0 Å². The minimum Gasteiger partial charge on any atom is -0.439 e. The lowest BCUT2D eigenvalue weighted by atomic mass is 10.2. The van der Waals surface area contributed by atoms with E-state index >= 15 is 0 Å². The van der Waals surface area contributed by atoms with Gasteiger partial charge in [-0.2, -0.15) is 0 Å². The van der Waals surface area contributed by atoms with Gasteiger partial charge in [0.25, 0.3) is 0 Å². The highest BCUT2D eigenvalue weighted by Crippen LogP contribution is 2.25. The number of aromatic nitrogens is 1. The Morgan fingerprint density at radius 3 is 2.84 bits per heavy atom. The van der Waals surface area contributed by atoms with Crippen molar-refractivity contribution in [1.29, 1.82) is 0 Å². The van der Waals surface area contributed by atoms with Crippen LogP contribution in [0.1, 0.15) is 12.5 Å². The van der Waals surface area contributed by atoms with Crippen molar-refractivity contribution < 1.29 is 4.74 Å². The lowest BCUT2D eigenvalue weighted by Gasteiger charge is -2.09. The van der Waals surface area contributed by atoms with E-state index in [2.05, 4.69) is 10.3 Å². The molecule has 100 valence electrons. The van der Waals surface area contributed by atoms with Crippen LogP contribution in [0.3, 0.4) is 0 Å². The summed E-state index contributed by atoms with van der Waals surface area (Å²) in [6.07, 6.45) is 1.59. The van der Waals surface area contributed by atoms with E-state index in [1.165, 1.54) is 0 Å². The van der Waals surface area contributed by atoms with E-state index in [1.807, 2.05) is 25.1 Å². The predicted octanol–water partition coefficient (Wildman–Crippen LogP) is 4.29. The Hall–Kier alpha value is -1.29. The largest absolute Gasteiger partial charge is 0.439 e. The molecular weight excluding hydrogens is 283 g/mol. The number of hydrogen-bond acceptors (Lipinski definition) is 3. The molecule has 1 heterocycles. The van der Waals surface area contributed by atoms with Gasteiger partial charge in [0.2, 0.25) is 5.88 Å². The standard InChI is InChI=1S/C14H14Cl2N2O/c1-2-17-8-10-6-14(18-9-13(10)16)19-12-5-3-4-11(15)7-12/h3-7,9,17H,2,8H2,1H3. The first-order chi connectivity index (χ1) is 9.19. The molecule has 0 unspecified atom stereocenters. The smallest absolute Gasteiger partial charge is 0.219 e. The molecule has 1 N–H and O–H groups in total. The van der Waals surface area contributed by atoms with Gasteiger partial charge in [-0.1, -0.05) is 36.2 Å². The van der Waals surface area contributed by atoms with Crippen LogP contribution in [-0.2, 0) is 6.54 Å². The number of rotatable bonds is 5. The molecule has 1 aromatic heterocycles. The summed E-state index contributed by atoms with van der Waals surface area (Å²) in [5.74, 6) is 1.15. The molecule has 5 heteroatoms. The topological polar surface area (TPSA) is 34.1 Å². The van der Waals surface area contributed by atoms with Gasteiger partial charge in [0.1, 0.15) is 5.75 Å². The maximum Gasteiger partial charge on any atom is 0.219 e. The van der Waals surface area contributed by atoms with E-state index in [1.54, 1.807) is 18.3 Å². The molecule has 0 aliphatic heterocycles. The lowest BCUT2D eigenvalue weighted by Crippen LogP contribution is -2.12. The average molecular weight is 297 g/mol. The van der Waals surface area contributed by atoms with E-state index in [0.29, 0.717) is 28.2 Å². The lowest BCUT2D eigenvalue weighted by molar-refractivity contribution is 0.462. The van der Waals surface area contributed by atoms with Crippen molar-refractivity contribution in [2.75, 3.05) is 6.54 Å². The van der Waals surface area contributed by atoms with Crippen molar-refractivity contribution in [3.05, 3.63) is 52.1 Å². The summed E-state index contributed by atoms with van der Waals surface area (Å²) in [5, 5.41) is 4.47. The summed E-state index contributed by atoms with van der Waals surface area (Å²) in [6.45, 7) is 3.60. The molecule has 0 radical (unpaired) electrons. The zero-order valence-corrected chi connectivity index (χ0v) is 12.0. The van der Waals surface area contributed by atoms with Gasteiger partial charge in [-0.05, 0) is 30.3 Å². The molecule has 0 spiro atoms. The van der Waals surface area contributed by atoms with Crippen molar-refractivity contribution in [3.63, 3.8) is 0 Å². The fourth-order valence-electron chi connectivity index (χ4n) is 1.56. The summed E-state index contributed by atoms with van der Waals surface area (Å²) >= 11 is 12.0. The van der Waals surface area contributed by atoms with Crippen LogP contribution < -0.4 is 10.1 Å². The predicted molar refractivity (Wildman–Crippen MR) is 78.2 cm³/mol. The van der Waals surface area contributed by atoms with Crippen molar-refractivity contribution >= 4 is 23.2 Å². The monoisotopic (exact) mass is 296 g/mol. The van der Waals surface area contributed by atoms with Crippen LogP contribution in [0.5, 0.6) is 11.6 Å². The fraction of sp³-hybridized carbons (Fsp3) is 0.214. The molecule has 0 aliphatic carbocycles. The summed E-state index contributed by atoms with van der Waals surface area (Å²) < 4.78 is 5.65. The first-order valence-electron chi connectivity index (χ1n) is 5.97. The summed E-state index contributed by atoms with van der Waals surface area (Å²) in [4.78, 5) is 4.15. The van der Waals surface area contributed by atoms with Crippen molar-refractivity contribution in [2.45, 2.75) is 13.5 Å². The molecule has 19 heavy (non-hydrogen) atoms. The van der Waals surface area contributed by atoms with Gasteiger partial charge in [0.15, 0.2) is 0 Å². The SMILES string of the molecule is CCNCc1cc(Oc2cccc(Cl)c2)ncc1Cl. The van der Waals surface area contributed by atoms with Gasteiger partial charge in [-0.15, -0.1) is 0 Å². The molecule has 2 aromatic rings. The first kappa shape index (κ1) is 14.1. The number of benzene rings is 1. The highest BCUT2D eigenvalue weighted by Gasteiger charge is 2.05. The highest BCUT2D eigenvalue weighted by molar-refractivity contribution is 6.31. The van der Waals surface area contributed by atoms with Gasteiger partial charge in [0, 0.05) is 23.8 Å². The second-order valence-electron chi connectivity index (χ2n) is 3.95. The number of nitrogens with zero attached hydrogens (tertiary/aromatic N) is 1. The van der Waals surface area contributed by atoms with Crippen molar-refractivity contribution in [1.82, 2.24) is 10.3 Å². The Morgan fingerprint density at radius 2 is 2.11 bits per heavy atom. The molecule has 0 amide bonds. The minimum absolute atomic E-state index is 0.500. The Morgan fingerprint density at radius 1 is 1.26 bits per heavy atom. The molecule has 0 aliphatic rings. The van der Waals surface area contributed by atoms with Crippen molar-refractivity contribution in [2.24, 2.45) is 0 Å². The van der Waals surface area contributed by atoms with E-state index in [4.69, 9.17) is 27.9 Å². The van der Waals surface area contributed by atoms with Gasteiger partial charge >= 0.3 is 0 Å². The van der Waals surface area contributed by atoms with Crippen LogP contribution >= 0.6 is 23.2 Å². The summed E-state index contributed by atoms with van der Waals surface area (Å²) in [5.41, 5.74) is 0.954. The van der Waals surface area contributed by atoms with E-state index in [-0.39, 0.29) is 0 Å². The van der Waals surface area contributed by atoms with E-state index in [9.17, 15) is 0 Å². The number of hydrogen-bond donors (Lipinski definition) is 1. The second kappa shape index (κ2) is 6.75. The third kappa shape index (κ3) is 4.10. The molecule has 0 saturated carbocycles. The van der Waals surface area contributed by atoms with Gasteiger partial charge < -0.3 is 10.1 Å². The zero-order chi connectivity index (χ0) is 13.7. The minimum atomic E-state index is 0.500. The molecule has 0 atom stereocenters. The highest BCUT2D eigenvalue weighted by atomic mass is 35.5. The van der Waals surface area contributed by atoms with Gasteiger partial charge in [0.05, 0.1) is 5.02 Å². The van der Waals surface area contributed by atoms with Crippen LogP contribution in [0.15, 0.2) is 36.5 Å². The van der Waals surface area contributed by atoms with Crippen LogP contribution in [-0.4, -0.2) is 11.5 Å². The van der Waals surface area contributed by atoms with Crippen LogP contribution in [0, 0.1) is 0 Å². The molecular formula is C14H14Cl2N2O. The number of nitrogens with one attached hydrogen (secondary N) is 1. The maximum atomic E-state index is 6.08. The fourth-order valence-corrected chi connectivity index (χ4v) is 1.91. The van der Waals surface area contributed by atoms with Gasteiger partial charge in [-0.3, -0.25) is 0 Å².